The summed E-state index contributed by atoms with van der Waals surface area (Å²) in [5, 5.41) is 23.2. The second-order valence-corrected chi connectivity index (χ2v) is 8.95. The van der Waals surface area contributed by atoms with Gasteiger partial charge in [-0.2, -0.15) is 0 Å². The third-order valence-corrected chi connectivity index (χ3v) is 7.15. The first-order valence-corrected chi connectivity index (χ1v) is 11.6. The largest absolute Gasteiger partial charge is 0.480 e. The first kappa shape index (κ1) is 20.8. The van der Waals surface area contributed by atoms with Crippen LogP contribution in [0.25, 0.3) is 0 Å². The first-order chi connectivity index (χ1) is 15.7. The van der Waals surface area contributed by atoms with Gasteiger partial charge in [0.2, 0.25) is 0 Å². The van der Waals surface area contributed by atoms with Crippen molar-refractivity contribution in [2.75, 3.05) is 6.54 Å². The van der Waals surface area contributed by atoms with Gasteiger partial charge < -0.3 is 5.11 Å². The molecule has 2 aliphatic rings. The van der Waals surface area contributed by atoms with Crippen LogP contribution < -0.4 is 0 Å². The summed E-state index contributed by atoms with van der Waals surface area (Å²) in [6.07, 6.45) is 6.60. The lowest BCUT2D eigenvalue weighted by Gasteiger charge is -2.45. The molecule has 2 fully saturated rings. The lowest BCUT2D eigenvalue weighted by molar-refractivity contribution is -0.145. The van der Waals surface area contributed by atoms with Gasteiger partial charge in [0.15, 0.2) is 5.82 Å². The molecular weight excluding hydrogens is 402 g/mol. The molecule has 2 aromatic carbocycles. The molecule has 1 saturated carbocycles. The predicted octanol–water partition coefficient (Wildman–Crippen LogP) is 4.02. The standard InChI is InChI=1S/C25H29N5O2/c31-23(32)21-15-10-18-29(21)25(16-8-3-9-17-25)24-26-27-28-30(24)22(19-11-4-1-5-12-19)20-13-6-2-7-14-20/h1-2,4-7,11-14,21-22H,3,8-10,15-18H2,(H,31,32). The summed E-state index contributed by atoms with van der Waals surface area (Å²) in [6.45, 7) is 0.769. The van der Waals surface area contributed by atoms with Gasteiger partial charge in [0, 0.05) is 6.54 Å². The molecule has 166 valence electrons. The van der Waals surface area contributed by atoms with Gasteiger partial charge in [-0.15, -0.1) is 5.10 Å². The molecule has 0 bridgehead atoms. The van der Waals surface area contributed by atoms with Crippen molar-refractivity contribution in [3.63, 3.8) is 0 Å². The molecule has 7 heteroatoms. The quantitative estimate of drug-likeness (QED) is 0.635. The fraction of sp³-hybridized carbons (Fsp3) is 0.440. The molecule has 1 aromatic heterocycles. The van der Waals surface area contributed by atoms with Crippen molar-refractivity contribution in [2.24, 2.45) is 0 Å². The van der Waals surface area contributed by atoms with Gasteiger partial charge in [-0.05, 0) is 47.2 Å². The Hall–Kier alpha value is -3.06. The third-order valence-electron chi connectivity index (χ3n) is 7.15. The Balaban J connectivity index is 1.66. The van der Waals surface area contributed by atoms with Crippen molar-refractivity contribution in [2.45, 2.75) is 62.6 Å². The van der Waals surface area contributed by atoms with Crippen LogP contribution in [0.2, 0.25) is 0 Å². The number of likely N-dealkylation sites (tertiary alicyclic amines) is 1. The molecule has 0 radical (unpaired) electrons. The number of hydrogen-bond donors (Lipinski definition) is 1. The van der Waals surface area contributed by atoms with Gasteiger partial charge in [-0.3, -0.25) is 9.69 Å². The topological polar surface area (TPSA) is 84.1 Å². The number of aromatic nitrogens is 4. The van der Waals surface area contributed by atoms with Crippen LogP contribution in [0.4, 0.5) is 0 Å². The molecule has 2 heterocycles. The summed E-state index contributed by atoms with van der Waals surface area (Å²) in [7, 11) is 0. The number of tetrazole rings is 1. The molecule has 1 N–H and O–H groups in total. The van der Waals surface area contributed by atoms with E-state index in [-0.39, 0.29) is 6.04 Å². The Morgan fingerprint density at radius 3 is 2.16 bits per heavy atom. The predicted molar refractivity (Wildman–Crippen MR) is 120 cm³/mol. The van der Waals surface area contributed by atoms with Crippen molar-refractivity contribution < 1.29 is 9.90 Å². The summed E-state index contributed by atoms with van der Waals surface area (Å²) in [6, 6.07) is 19.9. The van der Waals surface area contributed by atoms with Crippen molar-refractivity contribution in [1.29, 1.82) is 0 Å². The normalized spacial score (nSPS) is 21.1. The number of benzene rings is 2. The van der Waals surface area contributed by atoms with Crippen LogP contribution in [0.5, 0.6) is 0 Å². The molecule has 7 nitrogen and oxygen atoms in total. The lowest BCUT2D eigenvalue weighted by Crippen LogP contribution is -2.53. The molecule has 5 rings (SSSR count). The molecule has 1 aliphatic carbocycles. The smallest absolute Gasteiger partial charge is 0.320 e. The van der Waals surface area contributed by atoms with Gasteiger partial charge in [0.1, 0.15) is 12.1 Å². The zero-order valence-electron chi connectivity index (χ0n) is 18.2. The van der Waals surface area contributed by atoms with Crippen molar-refractivity contribution in [3.8, 4) is 0 Å². The van der Waals surface area contributed by atoms with Crippen molar-refractivity contribution >= 4 is 5.97 Å². The molecule has 1 aliphatic heterocycles. The third kappa shape index (κ3) is 3.60. The van der Waals surface area contributed by atoms with Gasteiger partial charge in [-0.25, -0.2) is 4.68 Å². The second-order valence-electron chi connectivity index (χ2n) is 8.95. The molecule has 1 atom stereocenters. The van der Waals surface area contributed by atoms with E-state index in [1.54, 1.807) is 0 Å². The summed E-state index contributed by atoms with van der Waals surface area (Å²) in [5.41, 5.74) is 1.76. The first-order valence-electron chi connectivity index (χ1n) is 11.6. The highest BCUT2D eigenvalue weighted by Crippen LogP contribution is 2.46. The Morgan fingerprint density at radius 1 is 0.938 bits per heavy atom. The van der Waals surface area contributed by atoms with Gasteiger partial charge in [0.25, 0.3) is 0 Å². The highest BCUT2D eigenvalue weighted by atomic mass is 16.4. The Kier molecular flexibility index (Phi) is 5.74. The van der Waals surface area contributed by atoms with E-state index in [2.05, 4.69) is 44.7 Å². The average Bonchev–Trinajstić information content (AvgIpc) is 3.52. The van der Waals surface area contributed by atoms with Crippen LogP contribution in [-0.2, 0) is 10.3 Å². The molecule has 3 aromatic rings. The van der Waals surface area contributed by atoms with E-state index in [1.807, 2.05) is 41.1 Å². The number of carboxylic acids is 1. The zero-order chi connectivity index (χ0) is 22.0. The SMILES string of the molecule is O=C(O)C1CCCN1C1(c2nnnn2C(c2ccccc2)c2ccccc2)CCCCC1. The Morgan fingerprint density at radius 2 is 1.56 bits per heavy atom. The Labute approximate surface area is 188 Å². The molecule has 0 spiro atoms. The fourth-order valence-electron chi connectivity index (χ4n) is 5.73. The Bertz CT molecular complexity index is 1010. The van der Waals surface area contributed by atoms with Crippen LogP contribution in [0, 0.1) is 0 Å². The summed E-state index contributed by atoms with van der Waals surface area (Å²) >= 11 is 0. The minimum atomic E-state index is -0.742. The zero-order valence-corrected chi connectivity index (χ0v) is 18.2. The lowest BCUT2D eigenvalue weighted by atomic mass is 9.78. The van der Waals surface area contributed by atoms with Gasteiger partial charge >= 0.3 is 5.97 Å². The van der Waals surface area contributed by atoms with E-state index in [4.69, 9.17) is 0 Å². The number of aliphatic carboxylic acids is 1. The van der Waals surface area contributed by atoms with E-state index in [9.17, 15) is 9.90 Å². The maximum atomic E-state index is 12.1. The molecular formula is C25H29N5O2. The van der Waals surface area contributed by atoms with Crippen LogP contribution >= 0.6 is 0 Å². The van der Waals surface area contributed by atoms with Crippen molar-refractivity contribution in [3.05, 3.63) is 77.6 Å². The minimum absolute atomic E-state index is 0.174. The second kappa shape index (κ2) is 8.82. The van der Waals surface area contributed by atoms with E-state index in [0.717, 1.165) is 62.0 Å². The average molecular weight is 432 g/mol. The monoisotopic (exact) mass is 431 g/mol. The van der Waals surface area contributed by atoms with E-state index >= 15 is 0 Å². The van der Waals surface area contributed by atoms with Crippen LogP contribution in [0.3, 0.4) is 0 Å². The van der Waals surface area contributed by atoms with Crippen LogP contribution in [0.1, 0.15) is 67.9 Å². The number of rotatable bonds is 6. The van der Waals surface area contributed by atoms with Crippen molar-refractivity contribution in [1.82, 2.24) is 25.1 Å². The van der Waals surface area contributed by atoms with Gasteiger partial charge in [0.05, 0.1) is 5.54 Å². The molecule has 1 saturated heterocycles. The van der Waals surface area contributed by atoms with E-state index in [1.165, 1.54) is 0 Å². The number of carbonyl (C=O) groups is 1. The fourth-order valence-corrected chi connectivity index (χ4v) is 5.73. The summed E-state index contributed by atoms with van der Waals surface area (Å²) in [5.74, 6) is 0.0530. The summed E-state index contributed by atoms with van der Waals surface area (Å²) in [4.78, 5) is 14.3. The maximum absolute atomic E-state index is 12.1. The van der Waals surface area contributed by atoms with E-state index in [0.29, 0.717) is 6.42 Å². The molecule has 1 unspecified atom stereocenters. The van der Waals surface area contributed by atoms with Crippen LogP contribution in [-0.4, -0.2) is 48.8 Å². The van der Waals surface area contributed by atoms with Crippen LogP contribution in [0.15, 0.2) is 60.7 Å². The number of carboxylic acid groups (broad SMARTS) is 1. The van der Waals surface area contributed by atoms with Gasteiger partial charge in [-0.1, -0.05) is 79.9 Å². The number of hydrogen-bond acceptors (Lipinski definition) is 5. The highest BCUT2D eigenvalue weighted by molar-refractivity contribution is 5.74. The highest BCUT2D eigenvalue weighted by Gasteiger charge is 2.50. The minimum Gasteiger partial charge on any atom is -0.480 e. The molecule has 0 amide bonds. The van der Waals surface area contributed by atoms with E-state index < -0.39 is 17.6 Å². The molecule has 32 heavy (non-hydrogen) atoms. The maximum Gasteiger partial charge on any atom is 0.320 e. The number of nitrogens with zero attached hydrogens (tertiary/aromatic N) is 5. The summed E-state index contributed by atoms with van der Waals surface area (Å²) < 4.78 is 1.95.